The number of benzene rings is 2. The first-order valence-corrected chi connectivity index (χ1v) is 25.0. The molecule has 73 heavy (non-hydrogen) atoms. The second-order valence-electron chi connectivity index (χ2n) is 19.3. The maximum absolute atomic E-state index is 14.3. The molecule has 0 spiro atoms. The summed E-state index contributed by atoms with van der Waals surface area (Å²) in [5.41, 5.74) is 13.2. The Morgan fingerprint density at radius 3 is 1.70 bits per heavy atom. The van der Waals surface area contributed by atoms with Gasteiger partial charge in [0, 0.05) is 25.8 Å². The summed E-state index contributed by atoms with van der Waals surface area (Å²) in [5, 5.41) is 37.2. The lowest BCUT2D eigenvalue weighted by Crippen LogP contribution is -2.60. The van der Waals surface area contributed by atoms with E-state index in [-0.39, 0.29) is 43.4 Å². The number of unbranched alkanes of at least 4 members (excludes halogenated alkanes) is 1. The van der Waals surface area contributed by atoms with Gasteiger partial charge >= 0.3 is 11.9 Å². The quantitative estimate of drug-likeness (QED) is 0.0444. The predicted octanol–water partition coefficient (Wildman–Crippen LogP) is 0.00560. The Bertz CT molecular complexity index is 2180. The smallest absolute Gasteiger partial charge is 0.326 e. The Labute approximate surface area is 426 Å². The Morgan fingerprint density at radius 2 is 1.14 bits per heavy atom. The number of carboxylic acid groups (broad SMARTS) is 2. The van der Waals surface area contributed by atoms with Crippen LogP contribution < -0.4 is 48.7 Å². The van der Waals surface area contributed by atoms with E-state index >= 15 is 0 Å². The van der Waals surface area contributed by atoms with Crippen LogP contribution in [0.2, 0.25) is 0 Å². The average molecular weight is 1020 g/mol. The molecule has 13 N–H and O–H groups in total. The molecule has 1 aliphatic rings. The van der Waals surface area contributed by atoms with Crippen molar-refractivity contribution in [3.05, 3.63) is 71.8 Å². The summed E-state index contributed by atoms with van der Waals surface area (Å²) >= 11 is 0. The fourth-order valence-electron chi connectivity index (χ4n) is 8.26. The molecule has 402 valence electrons. The number of aliphatic carboxylic acids is 2. The summed E-state index contributed by atoms with van der Waals surface area (Å²) in [4.78, 5) is 134. The van der Waals surface area contributed by atoms with Gasteiger partial charge in [-0.15, -0.1) is 0 Å². The van der Waals surface area contributed by atoms with E-state index < -0.39 is 121 Å². The Balaban J connectivity index is 1.79. The van der Waals surface area contributed by atoms with Gasteiger partial charge in [-0.2, -0.15) is 0 Å². The van der Waals surface area contributed by atoms with Crippen LogP contribution in [0.25, 0.3) is 0 Å². The number of carbonyl (C=O) groups excluding carboxylic acids is 8. The van der Waals surface area contributed by atoms with Crippen LogP contribution in [0.15, 0.2) is 60.7 Å². The van der Waals surface area contributed by atoms with Crippen molar-refractivity contribution in [1.29, 1.82) is 0 Å². The van der Waals surface area contributed by atoms with Crippen LogP contribution in [-0.4, -0.2) is 142 Å². The van der Waals surface area contributed by atoms with E-state index in [0.29, 0.717) is 56.3 Å². The number of rotatable bonds is 31. The Hall–Kier alpha value is -6.94. The predicted molar refractivity (Wildman–Crippen MR) is 270 cm³/mol. The molecular weight excluding hydrogens is 945 g/mol. The molecule has 2 aromatic carbocycles. The van der Waals surface area contributed by atoms with Crippen molar-refractivity contribution in [2.45, 2.75) is 154 Å². The highest BCUT2D eigenvalue weighted by Gasteiger charge is 2.38. The molecular formula is C51H76N10O12. The normalized spacial score (nSPS) is 16.1. The van der Waals surface area contributed by atoms with E-state index in [4.69, 9.17) is 11.5 Å². The molecule has 0 aliphatic carbocycles. The lowest BCUT2D eigenvalue weighted by molar-refractivity contribution is -0.141. The first-order chi connectivity index (χ1) is 34.6. The van der Waals surface area contributed by atoms with E-state index in [1.807, 2.05) is 13.8 Å². The number of carbonyl (C=O) groups is 10. The summed E-state index contributed by atoms with van der Waals surface area (Å²) in [6.45, 7) is 8.79. The monoisotopic (exact) mass is 1020 g/mol. The van der Waals surface area contributed by atoms with Gasteiger partial charge in [-0.25, -0.2) is 4.79 Å². The SMILES string of the molecule is CC(C)C[C@H](NC(=O)[C@H](Cc1ccccc1)NC(=O)[C@H](CCCCN)NC(=O)[C@H](C)NC(=O)[C@@H]1CCCN1C(=O)[C@@H](N)CC(C)C)C(=O)N[C@@H](CCC(=O)O)C(=O)NCC(=O)N[C@@H](Cc1ccccc1)C(=O)O. The summed E-state index contributed by atoms with van der Waals surface area (Å²) in [5.74, 6) is -8.50. The third-order valence-corrected chi connectivity index (χ3v) is 12.1. The van der Waals surface area contributed by atoms with Crippen LogP contribution in [0.5, 0.6) is 0 Å². The molecule has 2 aromatic rings. The van der Waals surface area contributed by atoms with E-state index in [1.165, 1.54) is 11.8 Å². The number of nitrogens with two attached hydrogens (primary N) is 2. The summed E-state index contributed by atoms with van der Waals surface area (Å²) in [6, 6.07) is 7.73. The average Bonchev–Trinajstić information content (AvgIpc) is 3.84. The highest BCUT2D eigenvalue weighted by Crippen LogP contribution is 2.20. The van der Waals surface area contributed by atoms with Crippen molar-refractivity contribution in [1.82, 2.24) is 42.1 Å². The van der Waals surface area contributed by atoms with E-state index in [0.717, 1.165) is 0 Å². The van der Waals surface area contributed by atoms with Crippen LogP contribution in [0, 0.1) is 11.8 Å². The van der Waals surface area contributed by atoms with Crippen molar-refractivity contribution in [3.8, 4) is 0 Å². The minimum Gasteiger partial charge on any atom is -0.481 e. The van der Waals surface area contributed by atoms with Crippen LogP contribution >= 0.6 is 0 Å². The second kappa shape index (κ2) is 30.8. The van der Waals surface area contributed by atoms with Gasteiger partial charge in [-0.3, -0.25) is 43.2 Å². The van der Waals surface area contributed by atoms with Gasteiger partial charge in [0.2, 0.25) is 47.3 Å². The molecule has 0 unspecified atom stereocenters. The minimum absolute atomic E-state index is 0.0240. The van der Waals surface area contributed by atoms with Crippen LogP contribution in [-0.2, 0) is 60.8 Å². The van der Waals surface area contributed by atoms with Crippen LogP contribution in [0.1, 0.15) is 104 Å². The van der Waals surface area contributed by atoms with Crippen molar-refractivity contribution in [3.63, 3.8) is 0 Å². The van der Waals surface area contributed by atoms with Crippen LogP contribution in [0.4, 0.5) is 0 Å². The molecule has 1 saturated heterocycles. The summed E-state index contributed by atoms with van der Waals surface area (Å²) in [6.07, 6.45) is 1.31. The zero-order valence-electron chi connectivity index (χ0n) is 42.5. The Kier molecular flexibility index (Phi) is 25.5. The first kappa shape index (κ1) is 60.4. The summed E-state index contributed by atoms with van der Waals surface area (Å²) in [7, 11) is 0. The number of hydrogen-bond acceptors (Lipinski definition) is 12. The molecule has 3 rings (SSSR count). The van der Waals surface area contributed by atoms with E-state index in [2.05, 4.69) is 37.2 Å². The lowest BCUT2D eigenvalue weighted by Gasteiger charge is -2.29. The number of amides is 8. The maximum atomic E-state index is 14.3. The van der Waals surface area contributed by atoms with Gasteiger partial charge in [0.1, 0.15) is 42.3 Å². The molecule has 0 bridgehead atoms. The van der Waals surface area contributed by atoms with E-state index in [1.54, 1.807) is 74.5 Å². The molecule has 0 saturated carbocycles. The van der Waals surface area contributed by atoms with Gasteiger partial charge in [-0.05, 0) is 87.8 Å². The van der Waals surface area contributed by atoms with Gasteiger partial charge in [0.15, 0.2) is 0 Å². The number of likely N-dealkylation sites (tertiary alicyclic amines) is 1. The largest absolute Gasteiger partial charge is 0.481 e. The third kappa shape index (κ3) is 21.4. The molecule has 1 heterocycles. The number of hydrogen-bond donors (Lipinski definition) is 11. The molecule has 0 radical (unpaired) electrons. The van der Waals surface area contributed by atoms with Gasteiger partial charge in [0.05, 0.1) is 12.6 Å². The van der Waals surface area contributed by atoms with Gasteiger partial charge < -0.3 is 63.8 Å². The fourth-order valence-corrected chi connectivity index (χ4v) is 8.26. The molecule has 0 aromatic heterocycles. The van der Waals surface area contributed by atoms with E-state index in [9.17, 15) is 58.2 Å². The topological polar surface area (TPSA) is 351 Å². The molecule has 8 atom stereocenters. The van der Waals surface area contributed by atoms with Crippen molar-refractivity contribution in [2.24, 2.45) is 23.3 Å². The molecule has 1 fully saturated rings. The lowest BCUT2D eigenvalue weighted by atomic mass is 10.00. The molecule has 8 amide bonds. The van der Waals surface area contributed by atoms with Crippen molar-refractivity contribution < 1.29 is 58.2 Å². The van der Waals surface area contributed by atoms with Crippen LogP contribution in [0.3, 0.4) is 0 Å². The highest BCUT2D eigenvalue weighted by molar-refractivity contribution is 5.98. The fraction of sp³-hybridized carbons (Fsp3) is 0.569. The zero-order valence-corrected chi connectivity index (χ0v) is 42.5. The third-order valence-electron chi connectivity index (χ3n) is 12.1. The minimum atomic E-state index is -1.51. The molecule has 22 heteroatoms. The zero-order chi connectivity index (χ0) is 54.2. The van der Waals surface area contributed by atoms with Crippen molar-refractivity contribution in [2.75, 3.05) is 19.6 Å². The maximum Gasteiger partial charge on any atom is 0.326 e. The first-order valence-electron chi connectivity index (χ1n) is 25.0. The molecule has 1 aliphatic heterocycles. The van der Waals surface area contributed by atoms with Gasteiger partial charge in [-0.1, -0.05) is 88.4 Å². The number of nitrogens with zero attached hydrogens (tertiary/aromatic N) is 1. The second-order valence-corrected chi connectivity index (χ2v) is 19.3. The standard InChI is InChI=1S/C51H76N10O12/c1-30(2)25-35(53)50(71)61-24-14-20-41(61)49(70)55-32(5)44(65)57-36(19-12-13-23-52)46(67)60-39(27-33-15-8-6-9-16-33)48(69)59-38(26-31(3)4)47(68)58-37(21-22-43(63)64)45(66)54-29-42(62)56-40(51(72)73)28-34-17-10-7-11-18-34/h6-11,15-18,30-32,35-41H,12-14,19-29,52-53H2,1-5H3,(H,54,66)(H,55,70)(H,56,62)(H,57,65)(H,58,68)(H,59,69)(H,60,67)(H,63,64)(H,72,73)/t32-,35-,36-,37-,38-,39-,40-,41-/m0/s1. The number of carboxylic acids is 2. The summed E-state index contributed by atoms with van der Waals surface area (Å²) < 4.78 is 0. The Morgan fingerprint density at radius 1 is 0.616 bits per heavy atom. The van der Waals surface area contributed by atoms with Gasteiger partial charge in [0.25, 0.3) is 0 Å². The molecule has 22 nitrogen and oxygen atoms in total. The highest BCUT2D eigenvalue weighted by atomic mass is 16.4. The van der Waals surface area contributed by atoms with Crippen molar-refractivity contribution >= 4 is 59.2 Å². The number of nitrogens with one attached hydrogen (secondary N) is 7.